The highest BCUT2D eigenvalue weighted by molar-refractivity contribution is 7.11. The van der Waals surface area contributed by atoms with Crippen LogP contribution in [-0.2, 0) is 6.54 Å². The van der Waals surface area contributed by atoms with Gasteiger partial charge in [-0.3, -0.25) is 4.99 Å². The van der Waals surface area contributed by atoms with E-state index >= 15 is 0 Å². The molecule has 23 heavy (non-hydrogen) atoms. The average molecular weight is 326 g/mol. The van der Waals surface area contributed by atoms with E-state index in [9.17, 15) is 0 Å². The summed E-state index contributed by atoms with van der Waals surface area (Å²) in [5, 5.41) is 4.54. The van der Waals surface area contributed by atoms with Crippen molar-refractivity contribution in [2.75, 3.05) is 20.1 Å². The molecular formula is C18H22N4S. The number of guanidine groups is 1. The van der Waals surface area contributed by atoms with Gasteiger partial charge in [-0.05, 0) is 24.5 Å². The van der Waals surface area contributed by atoms with Crippen LogP contribution in [0.1, 0.15) is 21.9 Å². The van der Waals surface area contributed by atoms with Crippen molar-refractivity contribution < 1.29 is 0 Å². The SMILES string of the molecule is CN=C(NCc1cnc(C)s1)N1CC=C(c2ccccc2)CC1. The second kappa shape index (κ2) is 7.42. The number of rotatable bonds is 3. The topological polar surface area (TPSA) is 40.5 Å². The Morgan fingerprint density at radius 3 is 2.78 bits per heavy atom. The Kier molecular flexibility index (Phi) is 5.08. The molecule has 5 heteroatoms. The van der Waals surface area contributed by atoms with Crippen molar-refractivity contribution in [2.45, 2.75) is 19.9 Å². The first-order chi connectivity index (χ1) is 11.3. The smallest absolute Gasteiger partial charge is 0.194 e. The summed E-state index contributed by atoms with van der Waals surface area (Å²) < 4.78 is 0. The van der Waals surface area contributed by atoms with E-state index in [1.165, 1.54) is 16.0 Å². The molecular weight excluding hydrogens is 304 g/mol. The third-order valence-corrected chi connectivity index (χ3v) is 4.87. The standard InChI is InChI=1S/C18H22N4S/c1-14-20-12-17(23-14)13-21-18(19-2)22-10-8-16(9-11-22)15-6-4-3-5-7-15/h3-8,12H,9-11,13H2,1-2H3,(H,19,21). The largest absolute Gasteiger partial charge is 0.351 e. The molecule has 0 saturated heterocycles. The van der Waals surface area contributed by atoms with Crippen molar-refractivity contribution in [2.24, 2.45) is 4.99 Å². The van der Waals surface area contributed by atoms with Gasteiger partial charge in [0.05, 0.1) is 11.6 Å². The van der Waals surface area contributed by atoms with Gasteiger partial charge in [0.1, 0.15) is 0 Å². The molecule has 0 radical (unpaired) electrons. The Balaban J connectivity index is 1.60. The summed E-state index contributed by atoms with van der Waals surface area (Å²) in [6.45, 7) is 4.70. The average Bonchev–Trinajstić information content (AvgIpc) is 3.02. The maximum absolute atomic E-state index is 4.42. The maximum atomic E-state index is 4.42. The van der Waals surface area contributed by atoms with Crippen molar-refractivity contribution >= 4 is 22.9 Å². The van der Waals surface area contributed by atoms with Gasteiger partial charge < -0.3 is 10.2 Å². The molecule has 0 fully saturated rings. The molecule has 1 aromatic heterocycles. The Morgan fingerprint density at radius 2 is 2.17 bits per heavy atom. The van der Waals surface area contributed by atoms with Crippen molar-refractivity contribution in [3.8, 4) is 0 Å². The number of thiazole rings is 1. The lowest BCUT2D eigenvalue weighted by Crippen LogP contribution is -2.43. The molecule has 0 aliphatic carbocycles. The molecule has 2 aromatic rings. The number of benzene rings is 1. The molecule has 1 aromatic carbocycles. The van der Waals surface area contributed by atoms with Crippen molar-refractivity contribution in [3.63, 3.8) is 0 Å². The lowest BCUT2D eigenvalue weighted by molar-refractivity contribution is 0.440. The fraction of sp³-hybridized carbons (Fsp3) is 0.333. The monoisotopic (exact) mass is 326 g/mol. The molecule has 0 unspecified atom stereocenters. The number of hydrogen-bond acceptors (Lipinski definition) is 3. The summed E-state index contributed by atoms with van der Waals surface area (Å²) in [6.07, 6.45) is 5.29. The van der Waals surface area contributed by atoms with Crippen LogP contribution in [0.3, 0.4) is 0 Å². The second-order valence-electron chi connectivity index (χ2n) is 5.54. The van der Waals surface area contributed by atoms with E-state index in [0.717, 1.165) is 37.0 Å². The van der Waals surface area contributed by atoms with E-state index in [1.807, 2.05) is 20.2 Å². The van der Waals surface area contributed by atoms with E-state index < -0.39 is 0 Å². The molecule has 3 rings (SSSR count). The molecule has 0 bridgehead atoms. The number of nitrogens with zero attached hydrogens (tertiary/aromatic N) is 3. The van der Waals surface area contributed by atoms with E-state index in [2.05, 4.69) is 56.6 Å². The van der Waals surface area contributed by atoms with Crippen LogP contribution in [-0.4, -0.2) is 36.0 Å². The molecule has 1 N–H and O–H groups in total. The molecule has 0 amide bonds. The van der Waals surface area contributed by atoms with Gasteiger partial charge >= 0.3 is 0 Å². The summed E-state index contributed by atoms with van der Waals surface area (Å²) in [5.74, 6) is 0.958. The zero-order chi connectivity index (χ0) is 16.1. The fourth-order valence-corrected chi connectivity index (χ4v) is 3.50. The first-order valence-electron chi connectivity index (χ1n) is 7.87. The summed E-state index contributed by atoms with van der Waals surface area (Å²) in [4.78, 5) is 12.2. The van der Waals surface area contributed by atoms with Gasteiger partial charge in [-0.2, -0.15) is 0 Å². The molecule has 0 atom stereocenters. The van der Waals surface area contributed by atoms with Crippen molar-refractivity contribution in [3.05, 3.63) is 58.1 Å². The molecule has 0 saturated carbocycles. The summed E-state index contributed by atoms with van der Waals surface area (Å²) in [7, 11) is 1.84. The minimum absolute atomic E-state index is 0.782. The van der Waals surface area contributed by atoms with Gasteiger partial charge in [0.15, 0.2) is 5.96 Å². The fourth-order valence-electron chi connectivity index (χ4n) is 2.76. The highest BCUT2D eigenvalue weighted by Crippen LogP contribution is 2.22. The number of hydrogen-bond donors (Lipinski definition) is 1. The van der Waals surface area contributed by atoms with Gasteiger partial charge in [0.2, 0.25) is 0 Å². The van der Waals surface area contributed by atoms with E-state index in [4.69, 9.17) is 0 Å². The lowest BCUT2D eigenvalue weighted by Gasteiger charge is -2.29. The van der Waals surface area contributed by atoms with Crippen molar-refractivity contribution in [1.29, 1.82) is 0 Å². The van der Waals surface area contributed by atoms with Crippen LogP contribution >= 0.6 is 11.3 Å². The Labute approximate surface area is 141 Å². The second-order valence-corrected chi connectivity index (χ2v) is 6.86. The maximum Gasteiger partial charge on any atom is 0.194 e. The van der Waals surface area contributed by atoms with Crippen LogP contribution < -0.4 is 5.32 Å². The zero-order valence-corrected chi connectivity index (χ0v) is 14.4. The van der Waals surface area contributed by atoms with E-state index in [0.29, 0.717) is 0 Å². The minimum Gasteiger partial charge on any atom is -0.351 e. The van der Waals surface area contributed by atoms with Gasteiger partial charge in [0, 0.05) is 31.2 Å². The highest BCUT2D eigenvalue weighted by Gasteiger charge is 2.16. The van der Waals surface area contributed by atoms with Gasteiger partial charge in [-0.25, -0.2) is 4.98 Å². The minimum atomic E-state index is 0.782. The summed E-state index contributed by atoms with van der Waals surface area (Å²) in [5.41, 5.74) is 2.76. The molecule has 0 spiro atoms. The predicted octanol–water partition coefficient (Wildman–Crippen LogP) is 3.32. The Morgan fingerprint density at radius 1 is 1.35 bits per heavy atom. The number of aliphatic imine (C=N–C) groups is 1. The zero-order valence-electron chi connectivity index (χ0n) is 13.6. The van der Waals surface area contributed by atoms with Gasteiger partial charge in [-0.1, -0.05) is 36.4 Å². The molecule has 4 nitrogen and oxygen atoms in total. The lowest BCUT2D eigenvalue weighted by atomic mass is 10.00. The number of aryl methyl sites for hydroxylation is 1. The molecule has 1 aliphatic heterocycles. The van der Waals surface area contributed by atoms with Crippen LogP contribution in [0.4, 0.5) is 0 Å². The quantitative estimate of drug-likeness (QED) is 0.695. The normalized spacial score (nSPS) is 15.5. The molecule has 120 valence electrons. The van der Waals surface area contributed by atoms with Crippen molar-refractivity contribution in [1.82, 2.24) is 15.2 Å². The number of aromatic nitrogens is 1. The van der Waals surface area contributed by atoms with Gasteiger partial charge in [-0.15, -0.1) is 11.3 Å². The first-order valence-corrected chi connectivity index (χ1v) is 8.69. The van der Waals surface area contributed by atoms with Crippen LogP contribution in [0.15, 0.2) is 47.6 Å². The molecule has 1 aliphatic rings. The first kappa shape index (κ1) is 15.7. The number of nitrogens with one attached hydrogen (secondary N) is 1. The van der Waals surface area contributed by atoms with Crippen LogP contribution in [0.5, 0.6) is 0 Å². The third-order valence-electron chi connectivity index (χ3n) is 3.95. The van der Waals surface area contributed by atoms with Crippen LogP contribution in [0.25, 0.3) is 5.57 Å². The third kappa shape index (κ3) is 3.99. The predicted molar refractivity (Wildman–Crippen MR) is 97.7 cm³/mol. The van der Waals surface area contributed by atoms with E-state index in [-0.39, 0.29) is 0 Å². The van der Waals surface area contributed by atoms with E-state index in [1.54, 1.807) is 11.3 Å². The Bertz CT molecular complexity index is 703. The summed E-state index contributed by atoms with van der Waals surface area (Å²) >= 11 is 1.73. The van der Waals surface area contributed by atoms with Crippen LogP contribution in [0, 0.1) is 6.92 Å². The Hall–Kier alpha value is -2.14. The highest BCUT2D eigenvalue weighted by atomic mass is 32.1. The van der Waals surface area contributed by atoms with Crippen LogP contribution in [0.2, 0.25) is 0 Å². The van der Waals surface area contributed by atoms with Gasteiger partial charge in [0.25, 0.3) is 0 Å². The molecule has 2 heterocycles. The summed E-state index contributed by atoms with van der Waals surface area (Å²) in [6, 6.07) is 10.6.